The molecule has 0 aromatic rings. The summed E-state index contributed by atoms with van der Waals surface area (Å²) in [6, 6.07) is 0. The van der Waals surface area contributed by atoms with E-state index in [0.717, 1.165) is 0 Å². The summed E-state index contributed by atoms with van der Waals surface area (Å²) in [5, 5.41) is 0. The fourth-order valence-electron chi connectivity index (χ4n) is 1.78. The van der Waals surface area contributed by atoms with Crippen LogP contribution in [0.25, 0.3) is 0 Å². The average Bonchev–Trinajstić information content (AvgIpc) is 2.22. The first kappa shape index (κ1) is 22.7. The molecule has 6 nitrogen and oxygen atoms in total. The summed E-state index contributed by atoms with van der Waals surface area (Å²) in [5.41, 5.74) is -1.94. The zero-order valence-electron chi connectivity index (χ0n) is 13.7. The Balaban J connectivity index is 0. The van der Waals surface area contributed by atoms with E-state index in [2.05, 4.69) is 0 Å². The number of ether oxygens (including phenoxy) is 3. The summed E-state index contributed by atoms with van der Waals surface area (Å²) in [6.45, 7) is 10.4. The third-order valence-corrected chi connectivity index (χ3v) is 2.47. The zero-order chi connectivity index (χ0) is 16.1. The summed E-state index contributed by atoms with van der Waals surface area (Å²) in [7, 11) is 0. The molecule has 0 spiro atoms. The molecule has 0 saturated heterocycles. The molecule has 0 N–H and O–H groups in total. The molecule has 0 amide bonds. The number of hydrogen-bond donors (Lipinski definition) is 0. The van der Waals surface area contributed by atoms with Gasteiger partial charge in [-0.05, 0) is 41.5 Å². The van der Waals surface area contributed by atoms with Crippen molar-refractivity contribution in [2.24, 2.45) is 0 Å². The van der Waals surface area contributed by atoms with Gasteiger partial charge in [0.25, 0.3) is 0 Å². The van der Waals surface area contributed by atoms with Gasteiger partial charge in [0.1, 0.15) is 0 Å². The van der Waals surface area contributed by atoms with Crippen LogP contribution in [0.2, 0.25) is 0 Å². The van der Waals surface area contributed by atoms with Crippen molar-refractivity contribution >= 4 is 17.5 Å². The van der Waals surface area contributed by atoms with Crippen molar-refractivity contribution in [1.29, 1.82) is 0 Å². The Hall–Kier alpha value is -0.556. The third kappa shape index (κ3) is 6.38. The summed E-state index contributed by atoms with van der Waals surface area (Å²) >= 11 is 0. The van der Waals surface area contributed by atoms with E-state index in [0.29, 0.717) is 0 Å². The molecule has 0 aliphatic carbocycles. The summed E-state index contributed by atoms with van der Waals surface area (Å²) in [5.74, 6) is -1.79. The molecule has 120 valence electrons. The van der Waals surface area contributed by atoms with Gasteiger partial charge in [0.2, 0.25) is 11.9 Å². The molecule has 7 heteroatoms. The molecule has 0 bridgehead atoms. The number of hydrogen-bond acceptors (Lipinski definition) is 6. The van der Waals surface area contributed by atoms with Gasteiger partial charge in [-0.2, -0.15) is 0 Å². The van der Waals surface area contributed by atoms with E-state index in [-0.39, 0.29) is 27.8 Å². The monoisotopic (exact) mass is 336 g/mol. The topological polar surface area (TPSA) is 78.9 Å². The summed E-state index contributed by atoms with van der Waals surface area (Å²) in [4.78, 5) is 35.3. The maximum atomic E-state index is 12.0. The van der Waals surface area contributed by atoms with Crippen LogP contribution < -0.4 is 0 Å². The molecule has 0 radical (unpaired) electrons. The average molecular weight is 336 g/mol. The quantitative estimate of drug-likeness (QED) is 0.290. The number of Topliss-reactive ketones (excluding diaryl/α,β-unsaturated/α-hetero) is 2. The van der Waals surface area contributed by atoms with Gasteiger partial charge in [0.05, 0.1) is 12.2 Å². The number of rotatable bonds is 8. The molecule has 1 atom stereocenters. The van der Waals surface area contributed by atoms with Crippen LogP contribution in [0.1, 0.15) is 48.5 Å². The van der Waals surface area contributed by atoms with Crippen LogP contribution in [0.3, 0.4) is 0 Å². The van der Waals surface area contributed by atoms with Crippen molar-refractivity contribution in [1.82, 2.24) is 0 Å². The summed E-state index contributed by atoms with van der Waals surface area (Å²) in [6.07, 6.45) is -2.18. The van der Waals surface area contributed by atoms with E-state index >= 15 is 0 Å². The van der Waals surface area contributed by atoms with Crippen LogP contribution in [-0.2, 0) is 50.3 Å². The first-order valence-electron chi connectivity index (χ1n) is 6.56. The number of carbonyl (C=O) groups is 3. The fourth-order valence-corrected chi connectivity index (χ4v) is 1.78. The van der Waals surface area contributed by atoms with Gasteiger partial charge in [-0.3, -0.25) is 14.4 Å². The number of esters is 1. The minimum atomic E-state index is -1.94. The van der Waals surface area contributed by atoms with Crippen molar-refractivity contribution in [2.45, 2.75) is 72.6 Å². The van der Waals surface area contributed by atoms with Gasteiger partial charge in [0.15, 0.2) is 11.6 Å². The predicted molar refractivity (Wildman–Crippen MR) is 72.1 cm³/mol. The molecule has 1 unspecified atom stereocenters. The number of carbonyl (C=O) groups excluding carboxylic acids is 3. The Labute approximate surface area is 140 Å². The Bertz CT molecular complexity index is 364. The molecule has 0 fully saturated rings. The molecule has 0 aliphatic rings. The molecule has 21 heavy (non-hydrogen) atoms. The van der Waals surface area contributed by atoms with Gasteiger partial charge < -0.3 is 14.2 Å². The Morgan fingerprint density at radius 3 is 1.52 bits per heavy atom. The van der Waals surface area contributed by atoms with Crippen LogP contribution >= 0.6 is 0 Å². The standard InChI is InChI=1S/C14H24O6.Ti/c1-8(2)18-13(19-12(7)17)14(10(5)15,11(6)16)20-9(3)4;/h8-9,13H,1-7H3;. The predicted octanol–water partition coefficient (Wildman–Crippen LogP) is 1.64. The maximum absolute atomic E-state index is 12.0. The van der Waals surface area contributed by atoms with Crippen LogP contribution in [0.5, 0.6) is 0 Å². The maximum Gasteiger partial charge on any atom is 0.305 e. The van der Waals surface area contributed by atoms with Gasteiger partial charge in [-0.15, -0.1) is 0 Å². The van der Waals surface area contributed by atoms with Crippen LogP contribution in [0.15, 0.2) is 0 Å². The van der Waals surface area contributed by atoms with E-state index in [4.69, 9.17) is 14.2 Å². The van der Waals surface area contributed by atoms with E-state index in [1.165, 1.54) is 20.8 Å². The number of ketones is 2. The first-order valence-corrected chi connectivity index (χ1v) is 6.56. The van der Waals surface area contributed by atoms with Crippen molar-refractivity contribution in [3.63, 3.8) is 0 Å². The van der Waals surface area contributed by atoms with Gasteiger partial charge in [0, 0.05) is 28.6 Å². The SMILES string of the molecule is CC(=O)OC(OC(C)C)C(OC(C)C)(C(C)=O)C(C)=O.[Ti]. The minimum absolute atomic E-state index is 0. The van der Waals surface area contributed by atoms with Crippen LogP contribution in [0.4, 0.5) is 0 Å². The fraction of sp³-hybridized carbons (Fsp3) is 0.786. The molecule has 0 heterocycles. The van der Waals surface area contributed by atoms with Gasteiger partial charge >= 0.3 is 5.97 Å². The van der Waals surface area contributed by atoms with Crippen molar-refractivity contribution in [3.8, 4) is 0 Å². The van der Waals surface area contributed by atoms with Crippen LogP contribution in [-0.4, -0.2) is 41.6 Å². The molecular formula is C14H24O6Ti. The van der Waals surface area contributed by atoms with Gasteiger partial charge in [-0.1, -0.05) is 0 Å². The van der Waals surface area contributed by atoms with E-state index in [1.54, 1.807) is 27.7 Å². The normalized spacial score (nSPS) is 12.8. The van der Waals surface area contributed by atoms with E-state index in [9.17, 15) is 14.4 Å². The zero-order valence-corrected chi connectivity index (χ0v) is 15.2. The van der Waals surface area contributed by atoms with Crippen molar-refractivity contribution in [2.75, 3.05) is 0 Å². The molecule has 0 aromatic carbocycles. The Morgan fingerprint density at radius 2 is 1.29 bits per heavy atom. The second-order valence-corrected chi connectivity index (χ2v) is 5.14. The Morgan fingerprint density at radius 1 is 0.857 bits per heavy atom. The second kappa shape index (κ2) is 9.46. The largest absolute Gasteiger partial charge is 0.432 e. The molecule has 0 aliphatic heterocycles. The van der Waals surface area contributed by atoms with E-state index < -0.39 is 35.5 Å². The minimum Gasteiger partial charge on any atom is -0.432 e. The van der Waals surface area contributed by atoms with E-state index in [1.807, 2.05) is 0 Å². The smallest absolute Gasteiger partial charge is 0.305 e. The molecular weight excluding hydrogens is 312 g/mol. The molecule has 0 saturated carbocycles. The molecule has 0 rings (SSSR count). The van der Waals surface area contributed by atoms with Crippen molar-refractivity contribution in [3.05, 3.63) is 0 Å². The third-order valence-electron chi connectivity index (χ3n) is 2.47. The summed E-state index contributed by atoms with van der Waals surface area (Å²) < 4.78 is 16.0. The molecule has 0 aromatic heterocycles. The van der Waals surface area contributed by atoms with Crippen molar-refractivity contribution < 1.29 is 50.3 Å². The van der Waals surface area contributed by atoms with Crippen LogP contribution in [0, 0.1) is 0 Å². The first-order chi connectivity index (χ1) is 9.03. The second-order valence-electron chi connectivity index (χ2n) is 5.14. The Kier molecular flexibility index (Phi) is 10.2. The van der Waals surface area contributed by atoms with Gasteiger partial charge in [-0.25, -0.2) is 0 Å².